The van der Waals surface area contributed by atoms with Gasteiger partial charge in [0.25, 0.3) is 0 Å². The average molecular weight is 251 g/mol. The summed E-state index contributed by atoms with van der Waals surface area (Å²) in [5.74, 6) is 0. The van der Waals surface area contributed by atoms with Crippen LogP contribution >= 0.6 is 11.8 Å². The Hall–Kier alpha value is -0.510. The van der Waals surface area contributed by atoms with Crippen molar-refractivity contribution in [3.63, 3.8) is 0 Å². The minimum Gasteiger partial charge on any atom is -0.389 e. The van der Waals surface area contributed by atoms with E-state index in [-0.39, 0.29) is 5.25 Å². The van der Waals surface area contributed by atoms with Crippen molar-refractivity contribution in [2.24, 2.45) is 0 Å². The smallest absolute Gasteiger partial charge is 0.0765 e. The van der Waals surface area contributed by atoms with E-state index < -0.39 is 5.60 Å². The number of rotatable bonds is 2. The minimum absolute atomic E-state index is 0.235. The van der Waals surface area contributed by atoms with E-state index in [2.05, 4.69) is 37.4 Å². The second-order valence-electron chi connectivity index (χ2n) is 5.16. The molecule has 2 nitrogen and oxygen atoms in total. The molecule has 0 saturated carbocycles. The fourth-order valence-corrected chi connectivity index (χ4v) is 3.37. The molecule has 0 bridgehead atoms. The Morgan fingerprint density at radius 2 is 2.12 bits per heavy atom. The van der Waals surface area contributed by atoms with Crippen molar-refractivity contribution in [3.05, 3.63) is 29.3 Å². The SMILES string of the molecule is Cc1ccc(SC2CNCCC2(C)O)cc1C. The third kappa shape index (κ3) is 3.03. The van der Waals surface area contributed by atoms with Gasteiger partial charge < -0.3 is 10.4 Å². The van der Waals surface area contributed by atoms with Gasteiger partial charge in [-0.25, -0.2) is 0 Å². The molecule has 17 heavy (non-hydrogen) atoms. The van der Waals surface area contributed by atoms with Crippen LogP contribution in [-0.4, -0.2) is 29.0 Å². The highest BCUT2D eigenvalue weighted by atomic mass is 32.2. The number of benzene rings is 1. The van der Waals surface area contributed by atoms with E-state index in [9.17, 15) is 5.11 Å². The first-order valence-corrected chi connectivity index (χ1v) is 7.04. The Morgan fingerprint density at radius 1 is 1.35 bits per heavy atom. The molecule has 1 heterocycles. The van der Waals surface area contributed by atoms with Crippen LogP contribution in [-0.2, 0) is 0 Å². The van der Waals surface area contributed by atoms with Crippen molar-refractivity contribution in [3.8, 4) is 0 Å². The topological polar surface area (TPSA) is 32.3 Å². The zero-order valence-corrected chi connectivity index (χ0v) is 11.6. The normalized spacial score (nSPS) is 29.3. The van der Waals surface area contributed by atoms with Crippen LogP contribution in [0.4, 0.5) is 0 Å². The molecule has 0 aromatic heterocycles. The molecule has 0 amide bonds. The fourth-order valence-electron chi connectivity index (χ4n) is 2.08. The quantitative estimate of drug-likeness (QED) is 0.847. The van der Waals surface area contributed by atoms with Gasteiger partial charge in [0.2, 0.25) is 0 Å². The molecule has 1 aliphatic rings. The summed E-state index contributed by atoms with van der Waals surface area (Å²) in [5.41, 5.74) is 2.08. The van der Waals surface area contributed by atoms with Crippen LogP contribution in [0.1, 0.15) is 24.5 Å². The van der Waals surface area contributed by atoms with Gasteiger partial charge in [-0.2, -0.15) is 0 Å². The maximum Gasteiger partial charge on any atom is 0.0765 e. The number of piperidine rings is 1. The number of aryl methyl sites for hydroxylation is 2. The third-order valence-corrected chi connectivity index (χ3v) is 5.07. The van der Waals surface area contributed by atoms with E-state index >= 15 is 0 Å². The van der Waals surface area contributed by atoms with Gasteiger partial charge in [-0.05, 0) is 57.0 Å². The standard InChI is InChI=1S/C14H21NOS/c1-10-4-5-12(8-11(10)2)17-13-9-15-7-6-14(13,3)16/h4-5,8,13,15-16H,6-7,9H2,1-3H3. The predicted molar refractivity (Wildman–Crippen MR) is 73.7 cm³/mol. The molecule has 2 atom stereocenters. The Kier molecular flexibility index (Phi) is 3.81. The van der Waals surface area contributed by atoms with E-state index in [1.807, 2.05) is 6.92 Å². The van der Waals surface area contributed by atoms with Gasteiger partial charge in [0.05, 0.1) is 10.9 Å². The first-order valence-electron chi connectivity index (χ1n) is 6.16. The van der Waals surface area contributed by atoms with E-state index in [0.717, 1.165) is 19.5 Å². The molecule has 1 aromatic carbocycles. The van der Waals surface area contributed by atoms with Crippen LogP contribution in [0.2, 0.25) is 0 Å². The molecular formula is C14H21NOS. The average Bonchev–Trinajstić information content (AvgIpc) is 2.26. The Labute approximate surface area is 108 Å². The molecule has 94 valence electrons. The molecule has 2 N–H and O–H groups in total. The Morgan fingerprint density at radius 3 is 2.76 bits per heavy atom. The molecule has 1 fully saturated rings. The Balaban J connectivity index is 2.11. The molecule has 0 radical (unpaired) electrons. The summed E-state index contributed by atoms with van der Waals surface area (Å²) < 4.78 is 0. The van der Waals surface area contributed by atoms with Crippen molar-refractivity contribution in [2.45, 2.75) is 42.9 Å². The van der Waals surface area contributed by atoms with Crippen LogP contribution < -0.4 is 5.32 Å². The molecule has 1 aromatic rings. The summed E-state index contributed by atoms with van der Waals surface area (Å²) in [6, 6.07) is 6.52. The lowest BCUT2D eigenvalue weighted by Gasteiger charge is -2.37. The van der Waals surface area contributed by atoms with Gasteiger partial charge in [-0.3, -0.25) is 0 Å². The second kappa shape index (κ2) is 5.01. The highest BCUT2D eigenvalue weighted by molar-refractivity contribution is 8.00. The first-order chi connectivity index (χ1) is 7.99. The zero-order chi connectivity index (χ0) is 12.5. The molecule has 1 saturated heterocycles. The second-order valence-corrected chi connectivity index (χ2v) is 6.44. The summed E-state index contributed by atoms with van der Waals surface area (Å²) in [4.78, 5) is 1.25. The number of aliphatic hydroxyl groups is 1. The van der Waals surface area contributed by atoms with Crippen molar-refractivity contribution in [1.29, 1.82) is 0 Å². The molecule has 0 spiro atoms. The van der Waals surface area contributed by atoms with E-state index in [1.165, 1.54) is 16.0 Å². The van der Waals surface area contributed by atoms with Gasteiger partial charge >= 0.3 is 0 Å². The van der Waals surface area contributed by atoms with Crippen molar-refractivity contribution >= 4 is 11.8 Å². The van der Waals surface area contributed by atoms with Crippen LogP contribution in [0.3, 0.4) is 0 Å². The minimum atomic E-state index is -0.561. The summed E-state index contributed by atoms with van der Waals surface area (Å²) in [7, 11) is 0. The van der Waals surface area contributed by atoms with E-state index in [4.69, 9.17) is 0 Å². The summed E-state index contributed by atoms with van der Waals surface area (Å²) in [5, 5.41) is 13.9. The maximum absolute atomic E-state index is 10.4. The lowest BCUT2D eigenvalue weighted by Crippen LogP contribution is -2.50. The summed E-state index contributed by atoms with van der Waals surface area (Å²) in [6.45, 7) is 8.01. The monoisotopic (exact) mass is 251 g/mol. The van der Waals surface area contributed by atoms with E-state index in [0.29, 0.717) is 0 Å². The predicted octanol–water partition coefficient (Wildman–Crippen LogP) is 2.51. The molecule has 3 heteroatoms. The van der Waals surface area contributed by atoms with Gasteiger partial charge in [0.15, 0.2) is 0 Å². The van der Waals surface area contributed by atoms with Crippen molar-refractivity contribution in [1.82, 2.24) is 5.32 Å². The zero-order valence-electron chi connectivity index (χ0n) is 10.8. The number of hydrogen-bond acceptors (Lipinski definition) is 3. The summed E-state index contributed by atoms with van der Waals surface area (Å²) >= 11 is 1.78. The van der Waals surface area contributed by atoms with Crippen molar-refractivity contribution < 1.29 is 5.11 Å². The molecule has 0 aliphatic carbocycles. The van der Waals surface area contributed by atoms with Crippen molar-refractivity contribution in [2.75, 3.05) is 13.1 Å². The maximum atomic E-state index is 10.4. The number of thioether (sulfide) groups is 1. The number of nitrogens with one attached hydrogen (secondary N) is 1. The van der Waals surface area contributed by atoms with E-state index in [1.54, 1.807) is 11.8 Å². The van der Waals surface area contributed by atoms with Crippen LogP contribution in [0, 0.1) is 13.8 Å². The molecule has 1 aliphatic heterocycles. The Bertz CT molecular complexity index is 403. The first kappa shape index (κ1) is 12.9. The van der Waals surface area contributed by atoms with Gasteiger partial charge in [0, 0.05) is 11.4 Å². The highest BCUT2D eigenvalue weighted by Crippen LogP contribution is 2.34. The molecule has 2 rings (SSSR count). The summed E-state index contributed by atoms with van der Waals surface area (Å²) in [6.07, 6.45) is 0.829. The molecule has 2 unspecified atom stereocenters. The van der Waals surface area contributed by atoms with Gasteiger partial charge in [0.1, 0.15) is 0 Å². The third-order valence-electron chi connectivity index (χ3n) is 3.59. The lowest BCUT2D eigenvalue weighted by molar-refractivity contribution is 0.0355. The fraction of sp³-hybridized carbons (Fsp3) is 0.571. The number of hydrogen-bond donors (Lipinski definition) is 2. The molecular weight excluding hydrogens is 230 g/mol. The highest BCUT2D eigenvalue weighted by Gasteiger charge is 2.34. The van der Waals surface area contributed by atoms with Gasteiger partial charge in [-0.15, -0.1) is 11.8 Å². The largest absolute Gasteiger partial charge is 0.389 e. The van der Waals surface area contributed by atoms with Gasteiger partial charge in [-0.1, -0.05) is 6.07 Å². The van der Waals surface area contributed by atoms with Crippen LogP contribution in [0.5, 0.6) is 0 Å². The van der Waals surface area contributed by atoms with Crippen LogP contribution in [0.15, 0.2) is 23.1 Å². The lowest BCUT2D eigenvalue weighted by atomic mass is 9.94. The van der Waals surface area contributed by atoms with Crippen LogP contribution in [0.25, 0.3) is 0 Å².